The van der Waals surface area contributed by atoms with Gasteiger partial charge in [-0.25, -0.2) is 18.0 Å². The monoisotopic (exact) mass is 635 g/mol. The first-order valence-electron chi connectivity index (χ1n) is 14.6. The summed E-state index contributed by atoms with van der Waals surface area (Å²) >= 11 is 0. The quantitative estimate of drug-likeness (QED) is 0.117. The Morgan fingerprint density at radius 2 is 1.82 bits per heavy atom. The molecule has 44 heavy (non-hydrogen) atoms. The number of alkyl carbamates (subject to hydrolysis) is 1. The molecule has 1 fully saturated rings. The maximum Gasteiger partial charge on any atom is 0.407 e. The summed E-state index contributed by atoms with van der Waals surface area (Å²) in [6.07, 6.45) is -0.931. The lowest BCUT2D eigenvalue weighted by Gasteiger charge is -2.33. The molecule has 0 radical (unpaired) electrons. The van der Waals surface area contributed by atoms with Crippen molar-refractivity contribution in [2.45, 2.75) is 63.2 Å². The second kappa shape index (κ2) is 17.0. The molecular formula is C30H41N3O10S. The number of esters is 1. The lowest BCUT2D eigenvalue weighted by molar-refractivity contribution is -0.384. The third kappa shape index (κ3) is 10.8. The molecule has 0 saturated carbocycles. The number of nitro benzene ring substituents is 1. The van der Waals surface area contributed by atoms with Crippen LogP contribution < -0.4 is 5.32 Å². The van der Waals surface area contributed by atoms with Crippen LogP contribution in [0, 0.1) is 16.0 Å². The second-order valence-electron chi connectivity index (χ2n) is 10.9. The number of benzene rings is 2. The van der Waals surface area contributed by atoms with Crippen LogP contribution in [-0.2, 0) is 40.2 Å². The van der Waals surface area contributed by atoms with Gasteiger partial charge in [-0.3, -0.25) is 10.1 Å². The summed E-state index contributed by atoms with van der Waals surface area (Å²) in [6, 6.07) is 12.8. The van der Waals surface area contributed by atoms with Crippen molar-refractivity contribution in [1.82, 2.24) is 9.62 Å². The molecule has 13 nitrogen and oxygen atoms in total. The van der Waals surface area contributed by atoms with Crippen LogP contribution in [-0.4, -0.2) is 87.5 Å². The van der Waals surface area contributed by atoms with Crippen LogP contribution >= 0.6 is 0 Å². The fourth-order valence-electron chi connectivity index (χ4n) is 4.60. The van der Waals surface area contributed by atoms with Crippen LogP contribution in [0.25, 0.3) is 0 Å². The maximum atomic E-state index is 13.9. The molecule has 1 saturated heterocycles. The van der Waals surface area contributed by atoms with Gasteiger partial charge in [-0.2, -0.15) is 4.31 Å². The molecule has 3 rings (SSSR count). The molecule has 0 bridgehead atoms. The van der Waals surface area contributed by atoms with E-state index in [0.717, 1.165) is 17.7 Å². The van der Waals surface area contributed by atoms with E-state index in [1.807, 2.05) is 51.1 Å². The van der Waals surface area contributed by atoms with Crippen LogP contribution in [0.1, 0.15) is 39.2 Å². The molecule has 2 aromatic carbocycles. The first kappa shape index (κ1) is 34.9. The van der Waals surface area contributed by atoms with Crippen molar-refractivity contribution in [2.75, 3.05) is 39.5 Å². The van der Waals surface area contributed by atoms with Gasteiger partial charge in [-0.15, -0.1) is 0 Å². The number of carbonyl (C=O) groups is 2. The van der Waals surface area contributed by atoms with Crippen molar-refractivity contribution < 1.29 is 41.9 Å². The molecule has 2 aromatic rings. The van der Waals surface area contributed by atoms with E-state index in [1.165, 1.54) is 16.4 Å². The van der Waals surface area contributed by atoms with Gasteiger partial charge in [-0.1, -0.05) is 51.1 Å². The highest BCUT2D eigenvalue weighted by Crippen LogP contribution is 2.23. The molecular weight excluding hydrogens is 594 g/mol. The van der Waals surface area contributed by atoms with Gasteiger partial charge in [0.05, 0.1) is 35.6 Å². The zero-order valence-corrected chi connectivity index (χ0v) is 26.1. The summed E-state index contributed by atoms with van der Waals surface area (Å²) < 4.78 is 50.9. The number of amides is 1. The predicted octanol–water partition coefficient (Wildman–Crippen LogP) is 3.71. The van der Waals surface area contributed by atoms with Crippen LogP contribution in [0.4, 0.5) is 10.5 Å². The average Bonchev–Trinajstić information content (AvgIpc) is 3.49. The molecule has 0 aromatic heterocycles. The van der Waals surface area contributed by atoms with Crippen molar-refractivity contribution in [1.29, 1.82) is 0 Å². The number of nitrogens with one attached hydrogen (secondary N) is 1. The van der Waals surface area contributed by atoms with E-state index in [9.17, 15) is 28.1 Å². The molecule has 14 heteroatoms. The third-order valence-corrected chi connectivity index (χ3v) is 8.55. The zero-order valence-electron chi connectivity index (χ0n) is 25.3. The van der Waals surface area contributed by atoms with E-state index in [2.05, 4.69) is 5.32 Å². The van der Waals surface area contributed by atoms with Crippen molar-refractivity contribution in [2.24, 2.45) is 5.92 Å². The fourth-order valence-corrected chi connectivity index (χ4v) is 6.22. The number of hydrogen-bond donors (Lipinski definition) is 1. The molecule has 1 aliphatic rings. The average molecular weight is 636 g/mol. The zero-order chi connectivity index (χ0) is 32.1. The maximum absolute atomic E-state index is 13.9. The summed E-state index contributed by atoms with van der Waals surface area (Å²) in [4.78, 5) is 36.3. The third-order valence-electron chi connectivity index (χ3n) is 6.70. The molecule has 1 amide bonds. The van der Waals surface area contributed by atoms with E-state index < -0.39 is 45.3 Å². The van der Waals surface area contributed by atoms with Gasteiger partial charge in [0.1, 0.15) is 18.8 Å². The Bertz CT molecular complexity index is 1320. The van der Waals surface area contributed by atoms with E-state index in [4.69, 9.17) is 18.9 Å². The second-order valence-corrected chi connectivity index (χ2v) is 12.8. The molecule has 1 N–H and O–H groups in total. The fraction of sp³-hybridized carbons (Fsp3) is 0.533. The Morgan fingerprint density at radius 3 is 2.41 bits per heavy atom. The van der Waals surface area contributed by atoms with Gasteiger partial charge in [0.25, 0.3) is 5.69 Å². The van der Waals surface area contributed by atoms with E-state index in [0.29, 0.717) is 26.1 Å². The van der Waals surface area contributed by atoms with Gasteiger partial charge in [0.2, 0.25) is 10.0 Å². The highest BCUT2D eigenvalue weighted by molar-refractivity contribution is 7.89. The summed E-state index contributed by atoms with van der Waals surface area (Å²) in [5, 5.41) is 13.9. The molecule has 0 unspecified atom stereocenters. The standard InChI is InChI=1S/C30H41N3O10S/c1-4-15-40-21-29(34)43-28(19-32(18-22(2)3)44(38,39)26-12-10-24(11-13-26)33(36)37)27(17-23-8-6-5-7-9-23)31-30(35)42-25-14-16-41-20-25/h5-13,22,25,27-28H,4,14-21H2,1-3H3,(H,31,35)/t25-,27-,28+/m0/s1. The number of nitro groups is 1. The lowest BCUT2D eigenvalue weighted by Crippen LogP contribution is -2.53. The van der Waals surface area contributed by atoms with Gasteiger partial charge in [0, 0.05) is 31.7 Å². The van der Waals surface area contributed by atoms with E-state index in [-0.39, 0.29) is 49.2 Å². The topological polar surface area (TPSA) is 164 Å². The number of sulfonamides is 1. The molecule has 0 spiro atoms. The van der Waals surface area contributed by atoms with Crippen molar-refractivity contribution in [3.05, 3.63) is 70.3 Å². The van der Waals surface area contributed by atoms with Crippen molar-refractivity contribution in [3.63, 3.8) is 0 Å². The smallest absolute Gasteiger partial charge is 0.407 e. The SMILES string of the molecule is CCCOCC(=O)O[C@H](CN(CC(C)C)S(=O)(=O)c1ccc([N+](=O)[O-])cc1)[C@H](Cc1ccccc1)NC(=O)O[C@H]1CCOC1. The van der Waals surface area contributed by atoms with Crippen LogP contribution in [0.15, 0.2) is 59.5 Å². The summed E-state index contributed by atoms with van der Waals surface area (Å²) in [6.45, 7) is 5.98. The normalized spacial score (nSPS) is 16.4. The molecule has 0 aliphatic carbocycles. The van der Waals surface area contributed by atoms with E-state index in [1.54, 1.807) is 0 Å². The Labute approximate surface area is 258 Å². The summed E-state index contributed by atoms with van der Waals surface area (Å²) in [5.41, 5.74) is 0.551. The van der Waals surface area contributed by atoms with E-state index >= 15 is 0 Å². The minimum atomic E-state index is -4.22. The number of nitrogens with zero attached hydrogens (tertiary/aromatic N) is 2. The van der Waals surface area contributed by atoms with Gasteiger partial charge in [0.15, 0.2) is 0 Å². The molecule has 242 valence electrons. The van der Waals surface area contributed by atoms with Crippen molar-refractivity contribution >= 4 is 27.8 Å². The van der Waals surface area contributed by atoms with Gasteiger partial charge >= 0.3 is 12.1 Å². The first-order chi connectivity index (χ1) is 21.0. The predicted molar refractivity (Wildman–Crippen MR) is 160 cm³/mol. The van der Waals surface area contributed by atoms with Gasteiger partial charge in [-0.05, 0) is 36.5 Å². The molecule has 1 aliphatic heterocycles. The lowest BCUT2D eigenvalue weighted by atomic mass is 10.0. The van der Waals surface area contributed by atoms with Crippen LogP contribution in [0.2, 0.25) is 0 Å². The van der Waals surface area contributed by atoms with Crippen LogP contribution in [0.5, 0.6) is 0 Å². The number of rotatable bonds is 17. The Hall–Kier alpha value is -3.59. The summed E-state index contributed by atoms with van der Waals surface area (Å²) in [5.74, 6) is -0.863. The minimum absolute atomic E-state index is 0.0433. The number of hydrogen-bond acceptors (Lipinski definition) is 10. The van der Waals surface area contributed by atoms with Crippen molar-refractivity contribution in [3.8, 4) is 0 Å². The minimum Gasteiger partial charge on any atom is -0.457 e. The highest BCUT2D eigenvalue weighted by atomic mass is 32.2. The van der Waals surface area contributed by atoms with Crippen LogP contribution in [0.3, 0.4) is 0 Å². The summed E-state index contributed by atoms with van der Waals surface area (Å²) in [7, 11) is -4.22. The highest BCUT2D eigenvalue weighted by Gasteiger charge is 2.35. The Kier molecular flexibility index (Phi) is 13.5. The number of non-ortho nitro benzene ring substituents is 1. The number of carbonyl (C=O) groups excluding carboxylic acids is 2. The molecule has 3 atom stereocenters. The van der Waals surface area contributed by atoms with Gasteiger partial charge < -0.3 is 24.3 Å². The Morgan fingerprint density at radius 1 is 1.11 bits per heavy atom. The molecule has 1 heterocycles. The largest absolute Gasteiger partial charge is 0.457 e. The Balaban J connectivity index is 1.97. The number of ether oxygens (including phenoxy) is 4. The first-order valence-corrected chi connectivity index (χ1v) is 16.0.